The monoisotopic (exact) mass is 902 g/mol. The number of carbonyl (C=O) groups is 2. The van der Waals surface area contributed by atoms with Gasteiger partial charge in [0.2, 0.25) is 0 Å². The number of amides is 2. The minimum Gasteiger partial charge on any atom is -0.507 e. The van der Waals surface area contributed by atoms with Gasteiger partial charge in [-0.2, -0.15) is 47.2 Å². The highest BCUT2D eigenvalue weighted by Gasteiger charge is 2.43. The van der Waals surface area contributed by atoms with E-state index in [1.807, 2.05) is 30.3 Å². The van der Waals surface area contributed by atoms with E-state index in [1.165, 1.54) is 65.4 Å². The highest BCUT2D eigenvalue weighted by atomic mass is 32.2. The molecule has 0 radical (unpaired) electrons. The number of nitrogens with one attached hydrogen (secondary N) is 2. The van der Waals surface area contributed by atoms with Crippen molar-refractivity contribution in [1.29, 1.82) is 0 Å². The zero-order chi connectivity index (χ0) is 45.5. The molecule has 6 rings (SSSR count). The molecule has 2 fully saturated rings. The van der Waals surface area contributed by atoms with Crippen LogP contribution in [0, 0.1) is 0 Å². The molecule has 62 heavy (non-hydrogen) atoms. The molecule has 4 aromatic carbocycles. The van der Waals surface area contributed by atoms with Crippen molar-refractivity contribution in [2.75, 3.05) is 67.5 Å². The number of phenols is 2. The Morgan fingerprint density at radius 1 is 0.597 bits per heavy atom. The van der Waals surface area contributed by atoms with Crippen LogP contribution in [0.1, 0.15) is 63.1 Å². The number of hydrogen-bond donors (Lipinski definition) is 4. The van der Waals surface area contributed by atoms with Gasteiger partial charge in [-0.1, -0.05) is 72.8 Å². The number of nitrogens with zero attached hydrogens (tertiary/aromatic N) is 4. The van der Waals surface area contributed by atoms with Crippen molar-refractivity contribution in [3.63, 3.8) is 0 Å². The summed E-state index contributed by atoms with van der Waals surface area (Å²) in [5.74, 6) is -1.19. The summed E-state index contributed by atoms with van der Waals surface area (Å²) in [6.07, 6.45) is -2.94. The zero-order valence-corrected chi connectivity index (χ0v) is 36.6. The van der Waals surface area contributed by atoms with Gasteiger partial charge in [-0.3, -0.25) is 9.59 Å². The summed E-state index contributed by atoms with van der Waals surface area (Å²) in [5.41, 5.74) is -0.391. The first-order chi connectivity index (χ1) is 29.1. The molecule has 4 aromatic rings. The van der Waals surface area contributed by atoms with Gasteiger partial charge in [0.25, 0.3) is 32.2 Å². The molecule has 19 heteroatoms. The van der Waals surface area contributed by atoms with Gasteiger partial charge in [0.05, 0.1) is 16.7 Å². The summed E-state index contributed by atoms with van der Waals surface area (Å²) in [6, 6.07) is 27.2. The van der Waals surface area contributed by atoms with Crippen LogP contribution in [0.2, 0.25) is 0 Å². The Hall–Kier alpha value is -5.05. The molecule has 2 aliphatic heterocycles. The first-order valence-corrected chi connectivity index (χ1v) is 22.6. The van der Waals surface area contributed by atoms with Crippen molar-refractivity contribution in [3.8, 4) is 11.5 Å². The third kappa shape index (κ3) is 10.9. The molecule has 0 aromatic heterocycles. The standard InChI is InChI=1S/C22H26F3N3O4S.C21H27N3O4S/c1-27(2)33(31,32)28-12-10-21(11-13-28,16-6-5-7-17(14-16)22(23,24)25)15-26-20(30)18-8-3-4-9-19(18)29;1-23(2)29(27,28)24-14-12-21(13-15-24,17-8-4-3-5-9-17)16-22-20(26)18-10-6-7-11-19(18)25/h3-9,14,29H,10-13,15H2,1-2H3,(H,26,30);3-11,25H,12-16H2,1-2H3,(H,22,26). The van der Waals surface area contributed by atoms with E-state index >= 15 is 0 Å². The van der Waals surface area contributed by atoms with Crippen LogP contribution in [0.3, 0.4) is 0 Å². The van der Waals surface area contributed by atoms with Crippen LogP contribution >= 0.6 is 0 Å². The lowest BCUT2D eigenvalue weighted by molar-refractivity contribution is -0.137. The Morgan fingerprint density at radius 3 is 1.35 bits per heavy atom. The fourth-order valence-corrected chi connectivity index (χ4v) is 9.94. The van der Waals surface area contributed by atoms with Gasteiger partial charge < -0.3 is 20.8 Å². The summed E-state index contributed by atoms with van der Waals surface area (Å²) in [6.45, 7) is 1.27. The second-order valence-electron chi connectivity index (χ2n) is 15.8. The predicted octanol–water partition coefficient (Wildman–Crippen LogP) is 4.94. The summed E-state index contributed by atoms with van der Waals surface area (Å²) >= 11 is 0. The molecule has 0 saturated carbocycles. The molecule has 0 unspecified atom stereocenters. The van der Waals surface area contributed by atoms with Crippen molar-refractivity contribution in [1.82, 2.24) is 27.9 Å². The van der Waals surface area contributed by atoms with Gasteiger partial charge >= 0.3 is 6.18 Å². The first-order valence-electron chi connectivity index (χ1n) is 19.8. The van der Waals surface area contributed by atoms with E-state index in [9.17, 15) is 49.8 Å². The third-order valence-electron chi connectivity index (χ3n) is 11.6. The molecule has 0 spiro atoms. The molecular formula is C43H53F3N6O8S2. The number of alkyl halides is 3. The van der Waals surface area contributed by atoms with Crippen LogP contribution in [0.5, 0.6) is 11.5 Å². The lowest BCUT2D eigenvalue weighted by atomic mass is 9.72. The molecule has 2 heterocycles. The molecule has 2 amide bonds. The Bertz CT molecular complexity index is 2400. The molecule has 0 aliphatic carbocycles. The number of phenolic OH excluding ortho intramolecular Hbond substituents is 2. The summed E-state index contributed by atoms with van der Waals surface area (Å²) in [7, 11) is -1.26. The quantitative estimate of drug-likeness (QED) is 0.154. The maximum Gasteiger partial charge on any atom is 0.416 e. The maximum absolute atomic E-state index is 13.4. The van der Waals surface area contributed by atoms with Crippen molar-refractivity contribution >= 4 is 32.2 Å². The normalized spacial score (nSPS) is 17.2. The average Bonchev–Trinajstić information content (AvgIpc) is 3.25. The number of rotatable bonds is 12. The maximum atomic E-state index is 13.4. The predicted molar refractivity (Wildman–Crippen MR) is 229 cm³/mol. The van der Waals surface area contributed by atoms with Crippen LogP contribution < -0.4 is 10.6 Å². The molecule has 336 valence electrons. The lowest BCUT2D eigenvalue weighted by Gasteiger charge is -2.42. The summed E-state index contributed by atoms with van der Waals surface area (Å²) < 4.78 is 95.1. The molecular weight excluding hydrogens is 850 g/mol. The number of hydrogen-bond acceptors (Lipinski definition) is 8. The Kier molecular flexibility index (Phi) is 15.1. The fourth-order valence-electron chi connectivity index (χ4n) is 7.72. The lowest BCUT2D eigenvalue weighted by Crippen LogP contribution is -2.52. The van der Waals surface area contributed by atoms with E-state index in [2.05, 4.69) is 10.6 Å². The average molecular weight is 903 g/mol. The Morgan fingerprint density at radius 2 is 0.968 bits per heavy atom. The second-order valence-corrected chi connectivity index (χ2v) is 20.1. The minimum atomic E-state index is -4.54. The molecule has 4 N–H and O–H groups in total. The minimum absolute atomic E-state index is 0.0165. The van der Waals surface area contributed by atoms with Crippen LogP contribution in [0.25, 0.3) is 0 Å². The van der Waals surface area contributed by atoms with E-state index in [4.69, 9.17) is 0 Å². The van der Waals surface area contributed by atoms with E-state index in [0.29, 0.717) is 38.0 Å². The van der Waals surface area contributed by atoms with E-state index in [0.717, 1.165) is 22.0 Å². The van der Waals surface area contributed by atoms with E-state index in [-0.39, 0.29) is 66.4 Å². The van der Waals surface area contributed by atoms with Crippen molar-refractivity contribution < 1.29 is 49.8 Å². The van der Waals surface area contributed by atoms with Gasteiger partial charge in [0, 0.05) is 78.3 Å². The van der Waals surface area contributed by atoms with Gasteiger partial charge in [-0.15, -0.1) is 0 Å². The number of aromatic hydroxyl groups is 2. The van der Waals surface area contributed by atoms with Crippen molar-refractivity contribution in [2.24, 2.45) is 0 Å². The zero-order valence-electron chi connectivity index (χ0n) is 35.0. The molecule has 2 saturated heterocycles. The largest absolute Gasteiger partial charge is 0.507 e. The summed E-state index contributed by atoms with van der Waals surface area (Å²) in [5, 5.41) is 25.5. The first kappa shape index (κ1) is 48.0. The van der Waals surface area contributed by atoms with Crippen LogP contribution in [-0.4, -0.2) is 124 Å². The highest BCUT2D eigenvalue weighted by Crippen LogP contribution is 2.40. The Balaban J connectivity index is 0.000000236. The number of benzene rings is 4. The van der Waals surface area contributed by atoms with Gasteiger partial charge in [-0.05, 0) is 67.1 Å². The molecule has 0 bridgehead atoms. The van der Waals surface area contributed by atoms with E-state index < -0.39 is 43.5 Å². The Labute approximate surface area is 361 Å². The highest BCUT2D eigenvalue weighted by molar-refractivity contribution is 7.87. The van der Waals surface area contributed by atoms with Crippen LogP contribution in [-0.2, 0) is 37.4 Å². The van der Waals surface area contributed by atoms with Gasteiger partial charge in [0.15, 0.2) is 0 Å². The number of para-hydroxylation sites is 2. The number of halogens is 3. The SMILES string of the molecule is CN(C)S(=O)(=O)N1CCC(CNC(=O)c2ccccc2O)(c2cccc(C(F)(F)F)c2)CC1.CN(C)S(=O)(=O)N1CCC(CNC(=O)c2ccccc2O)(c2ccccc2)CC1. The summed E-state index contributed by atoms with van der Waals surface area (Å²) in [4.78, 5) is 25.3. The van der Waals surface area contributed by atoms with Gasteiger partial charge in [0.1, 0.15) is 11.5 Å². The van der Waals surface area contributed by atoms with E-state index in [1.54, 1.807) is 36.4 Å². The van der Waals surface area contributed by atoms with Crippen molar-refractivity contribution in [2.45, 2.75) is 42.7 Å². The van der Waals surface area contributed by atoms with Crippen LogP contribution in [0.4, 0.5) is 13.2 Å². The number of piperidine rings is 2. The molecule has 0 atom stereocenters. The van der Waals surface area contributed by atoms with Crippen LogP contribution in [0.15, 0.2) is 103 Å². The topological polar surface area (TPSA) is 180 Å². The van der Waals surface area contributed by atoms with Crippen molar-refractivity contribution in [3.05, 3.63) is 131 Å². The fraction of sp³-hybridized carbons (Fsp3) is 0.395. The molecule has 14 nitrogen and oxygen atoms in total. The number of carbonyl (C=O) groups excluding carboxylic acids is 2. The smallest absolute Gasteiger partial charge is 0.416 e. The molecule has 2 aliphatic rings. The third-order valence-corrected chi connectivity index (χ3v) is 15.5. The second kappa shape index (κ2) is 19.6. The van der Waals surface area contributed by atoms with Gasteiger partial charge in [-0.25, -0.2) is 0 Å².